The van der Waals surface area contributed by atoms with Crippen LogP contribution < -0.4 is 0 Å². The smallest absolute Gasteiger partial charge is 0.305 e. The number of rotatable bonds is 5. The Labute approximate surface area is 131 Å². The van der Waals surface area contributed by atoms with Crippen LogP contribution in [-0.4, -0.2) is 30.4 Å². The van der Waals surface area contributed by atoms with Crippen LogP contribution in [0.15, 0.2) is 36.5 Å². The highest BCUT2D eigenvalue weighted by Gasteiger charge is 2.41. The number of carbonyl (C=O) groups excluding carboxylic acids is 2. The Bertz CT molecular complexity index is 491. The van der Waals surface area contributed by atoms with Crippen molar-refractivity contribution in [1.82, 2.24) is 0 Å². The normalized spacial score (nSPS) is 28.2. The summed E-state index contributed by atoms with van der Waals surface area (Å²) >= 11 is 0. The molecule has 0 aromatic heterocycles. The van der Waals surface area contributed by atoms with Gasteiger partial charge in [-0.1, -0.05) is 37.8 Å². The molecule has 0 spiro atoms. The van der Waals surface area contributed by atoms with E-state index in [9.17, 15) is 9.59 Å². The Hall–Kier alpha value is -1.88. The molecule has 1 saturated heterocycles. The first-order chi connectivity index (χ1) is 10.2. The zero-order valence-corrected chi connectivity index (χ0v) is 13.6. The van der Waals surface area contributed by atoms with Crippen LogP contribution in [0.4, 0.5) is 0 Å². The van der Waals surface area contributed by atoms with E-state index < -0.39 is 24.3 Å². The summed E-state index contributed by atoms with van der Waals surface area (Å²) < 4.78 is 16.2. The molecular formula is C17H24O5. The molecule has 5 nitrogen and oxygen atoms in total. The summed E-state index contributed by atoms with van der Waals surface area (Å²) in [7, 11) is 0. The molecule has 0 amide bonds. The van der Waals surface area contributed by atoms with Gasteiger partial charge in [-0.05, 0) is 18.9 Å². The van der Waals surface area contributed by atoms with Crippen LogP contribution in [0.2, 0.25) is 0 Å². The fourth-order valence-electron chi connectivity index (χ4n) is 2.25. The molecule has 1 fully saturated rings. The van der Waals surface area contributed by atoms with Crippen LogP contribution in [0, 0.1) is 5.92 Å². The maximum atomic E-state index is 11.3. The summed E-state index contributed by atoms with van der Waals surface area (Å²) in [6.07, 6.45) is 2.45. The maximum absolute atomic E-state index is 11.3. The summed E-state index contributed by atoms with van der Waals surface area (Å²) in [5.74, 6) is -0.947. The molecular weight excluding hydrogens is 284 g/mol. The van der Waals surface area contributed by atoms with Gasteiger partial charge in [-0.2, -0.15) is 0 Å². The van der Waals surface area contributed by atoms with E-state index in [1.54, 1.807) is 0 Å². The van der Waals surface area contributed by atoms with Crippen molar-refractivity contribution in [2.75, 3.05) is 0 Å². The first kappa shape index (κ1) is 18.2. The van der Waals surface area contributed by atoms with E-state index in [4.69, 9.17) is 14.2 Å². The zero-order valence-electron chi connectivity index (χ0n) is 13.6. The molecule has 0 aromatic carbocycles. The summed E-state index contributed by atoms with van der Waals surface area (Å²) in [5, 5.41) is 0. The summed E-state index contributed by atoms with van der Waals surface area (Å²) in [4.78, 5) is 22.5. The molecule has 0 aliphatic carbocycles. The van der Waals surface area contributed by atoms with E-state index in [0.29, 0.717) is 6.42 Å². The largest absolute Gasteiger partial charge is 0.456 e. The average molecular weight is 308 g/mol. The Balaban J connectivity index is 2.87. The minimum atomic E-state index is -0.926. The number of hydrogen-bond donors (Lipinski definition) is 0. The van der Waals surface area contributed by atoms with Gasteiger partial charge in [0.05, 0.1) is 6.10 Å². The van der Waals surface area contributed by atoms with Crippen molar-refractivity contribution < 1.29 is 23.8 Å². The van der Waals surface area contributed by atoms with E-state index in [2.05, 4.69) is 13.2 Å². The highest BCUT2D eigenvalue weighted by Crippen LogP contribution is 2.31. The molecule has 4 unspecified atom stereocenters. The third-order valence-corrected chi connectivity index (χ3v) is 3.29. The second kappa shape index (κ2) is 7.94. The van der Waals surface area contributed by atoms with Crippen molar-refractivity contribution >= 4 is 11.9 Å². The van der Waals surface area contributed by atoms with E-state index in [0.717, 1.165) is 11.1 Å². The van der Waals surface area contributed by atoms with Gasteiger partial charge in [0.1, 0.15) is 0 Å². The van der Waals surface area contributed by atoms with Crippen LogP contribution in [0.5, 0.6) is 0 Å². The molecule has 0 N–H and O–H groups in total. The van der Waals surface area contributed by atoms with Gasteiger partial charge < -0.3 is 14.2 Å². The lowest BCUT2D eigenvalue weighted by molar-refractivity contribution is -0.247. The quantitative estimate of drug-likeness (QED) is 0.577. The molecule has 0 radical (unpaired) electrons. The van der Waals surface area contributed by atoms with Gasteiger partial charge in [-0.25, -0.2) is 0 Å². The van der Waals surface area contributed by atoms with Crippen molar-refractivity contribution in [3.05, 3.63) is 36.5 Å². The van der Waals surface area contributed by atoms with Gasteiger partial charge in [0.15, 0.2) is 6.10 Å². The predicted molar refractivity (Wildman–Crippen MR) is 82.9 cm³/mol. The first-order valence-electron chi connectivity index (χ1n) is 7.23. The van der Waals surface area contributed by atoms with Crippen LogP contribution in [0.1, 0.15) is 34.1 Å². The maximum Gasteiger partial charge on any atom is 0.305 e. The number of ether oxygens (including phenoxy) is 3. The van der Waals surface area contributed by atoms with Crippen molar-refractivity contribution in [2.24, 2.45) is 5.92 Å². The van der Waals surface area contributed by atoms with E-state index >= 15 is 0 Å². The SMILES string of the molecule is C=C(C)C=CC(=C)C1CC(C)C(OC(C)=O)C(OC(C)=O)O1. The van der Waals surface area contributed by atoms with Crippen molar-refractivity contribution in [3.63, 3.8) is 0 Å². The predicted octanol–water partition coefficient (Wildman–Crippen LogP) is 2.92. The first-order valence-corrected chi connectivity index (χ1v) is 7.23. The standard InChI is InChI=1S/C17H24O5/c1-10(2)7-8-11(3)15-9-12(4)16(20-13(5)18)17(22-15)21-14(6)19/h7-8,12,15-17H,1,3,9H2,2,4-6H3. The Morgan fingerprint density at radius 2 is 1.68 bits per heavy atom. The zero-order chi connectivity index (χ0) is 16.9. The highest BCUT2D eigenvalue weighted by atomic mass is 16.7. The van der Waals surface area contributed by atoms with Gasteiger partial charge in [-0.3, -0.25) is 9.59 Å². The highest BCUT2D eigenvalue weighted by molar-refractivity contribution is 5.67. The molecule has 1 aliphatic rings. The molecule has 1 heterocycles. The summed E-state index contributed by atoms with van der Waals surface area (Å²) in [5.41, 5.74) is 1.66. The molecule has 0 bridgehead atoms. The molecule has 1 rings (SSSR count). The van der Waals surface area contributed by atoms with Crippen molar-refractivity contribution in [1.29, 1.82) is 0 Å². The number of hydrogen-bond acceptors (Lipinski definition) is 5. The van der Waals surface area contributed by atoms with Gasteiger partial charge in [0, 0.05) is 19.8 Å². The summed E-state index contributed by atoms with van der Waals surface area (Å²) in [6, 6.07) is 0. The molecule has 22 heavy (non-hydrogen) atoms. The second-order valence-electron chi connectivity index (χ2n) is 5.64. The second-order valence-corrected chi connectivity index (χ2v) is 5.64. The molecule has 1 aliphatic heterocycles. The van der Waals surface area contributed by atoms with E-state index in [1.165, 1.54) is 13.8 Å². The number of allylic oxidation sites excluding steroid dienone is 2. The van der Waals surface area contributed by atoms with Gasteiger partial charge in [0.2, 0.25) is 6.29 Å². The van der Waals surface area contributed by atoms with E-state index in [-0.39, 0.29) is 12.0 Å². The van der Waals surface area contributed by atoms with Gasteiger partial charge >= 0.3 is 11.9 Å². The van der Waals surface area contributed by atoms with E-state index in [1.807, 2.05) is 26.0 Å². The minimum Gasteiger partial charge on any atom is -0.456 e. The fourth-order valence-corrected chi connectivity index (χ4v) is 2.25. The monoisotopic (exact) mass is 308 g/mol. The fraction of sp³-hybridized carbons (Fsp3) is 0.529. The minimum absolute atomic E-state index is 0.0259. The molecule has 4 atom stereocenters. The molecule has 0 saturated carbocycles. The Kier molecular flexibility index (Phi) is 6.56. The molecule has 5 heteroatoms. The lowest BCUT2D eigenvalue weighted by Crippen LogP contribution is -2.48. The van der Waals surface area contributed by atoms with Crippen LogP contribution in [-0.2, 0) is 23.8 Å². The van der Waals surface area contributed by atoms with Crippen molar-refractivity contribution in [2.45, 2.75) is 52.6 Å². The summed E-state index contributed by atoms with van der Waals surface area (Å²) in [6.45, 7) is 14.2. The van der Waals surface area contributed by atoms with Crippen LogP contribution in [0.3, 0.4) is 0 Å². The van der Waals surface area contributed by atoms with Crippen molar-refractivity contribution in [3.8, 4) is 0 Å². The number of carbonyl (C=O) groups is 2. The number of esters is 2. The Morgan fingerprint density at radius 1 is 1.09 bits per heavy atom. The third kappa shape index (κ3) is 5.48. The molecule has 122 valence electrons. The van der Waals surface area contributed by atoms with Crippen LogP contribution >= 0.6 is 0 Å². The third-order valence-electron chi connectivity index (χ3n) is 3.29. The van der Waals surface area contributed by atoms with Crippen LogP contribution in [0.25, 0.3) is 0 Å². The molecule has 0 aromatic rings. The topological polar surface area (TPSA) is 61.8 Å². The lowest BCUT2D eigenvalue weighted by Gasteiger charge is -2.39. The average Bonchev–Trinajstić information content (AvgIpc) is 2.38. The van der Waals surface area contributed by atoms with Gasteiger partial charge in [-0.15, -0.1) is 0 Å². The van der Waals surface area contributed by atoms with Gasteiger partial charge in [0.25, 0.3) is 0 Å². The Morgan fingerprint density at radius 3 is 2.18 bits per heavy atom. The lowest BCUT2D eigenvalue weighted by atomic mass is 9.90.